The largest absolute Gasteiger partial charge is 0.376 e. The van der Waals surface area contributed by atoms with Crippen molar-refractivity contribution in [3.8, 4) is 0 Å². The van der Waals surface area contributed by atoms with Crippen LogP contribution in [0.5, 0.6) is 0 Å². The molecule has 1 aromatic rings. The molecule has 116 valence electrons. The Balaban J connectivity index is 1.53. The summed E-state index contributed by atoms with van der Waals surface area (Å²) in [6, 6.07) is 0.485. The number of nitrogens with zero attached hydrogens (tertiary/aromatic N) is 3. The number of aromatic nitrogens is 2. The van der Waals surface area contributed by atoms with Crippen molar-refractivity contribution in [2.45, 2.75) is 44.8 Å². The van der Waals surface area contributed by atoms with E-state index in [9.17, 15) is 0 Å². The number of fused-ring (bicyclic) bond motifs is 1. The quantitative estimate of drug-likeness (QED) is 0.853. The number of rotatable bonds is 4. The highest BCUT2D eigenvalue weighted by Crippen LogP contribution is 2.43. The van der Waals surface area contributed by atoms with Crippen molar-refractivity contribution in [3.63, 3.8) is 0 Å². The summed E-state index contributed by atoms with van der Waals surface area (Å²) in [5.74, 6) is 3.64. The second kappa shape index (κ2) is 5.40. The minimum absolute atomic E-state index is 0.381. The molecule has 1 saturated heterocycles. The third-order valence-electron chi connectivity index (χ3n) is 5.73. The van der Waals surface area contributed by atoms with Gasteiger partial charge in [0.05, 0.1) is 12.1 Å². The lowest BCUT2D eigenvalue weighted by molar-refractivity contribution is -0.0343. The van der Waals surface area contributed by atoms with E-state index in [1.54, 1.807) is 0 Å². The van der Waals surface area contributed by atoms with Gasteiger partial charge in [-0.1, -0.05) is 0 Å². The Kier molecular flexibility index (Phi) is 3.54. The molecule has 2 aliphatic carbocycles. The first-order valence-electron chi connectivity index (χ1n) is 8.50. The molecule has 3 fully saturated rings. The van der Waals surface area contributed by atoms with Crippen LogP contribution in [-0.4, -0.2) is 47.3 Å². The van der Waals surface area contributed by atoms with Crippen LogP contribution in [0.15, 0.2) is 12.4 Å². The normalized spacial score (nSPS) is 36.9. The number of ether oxygens (including phenoxy) is 1. The third-order valence-corrected chi connectivity index (χ3v) is 5.73. The highest BCUT2D eigenvalue weighted by molar-refractivity contribution is 5.00. The SMILES string of the molecule is Cc1nccn1[C@H]1C[C@H]2CN(C)C[C@H]2C[C@@H]1OCC1CC1. The third kappa shape index (κ3) is 2.76. The Morgan fingerprint density at radius 3 is 2.67 bits per heavy atom. The van der Waals surface area contributed by atoms with Gasteiger partial charge < -0.3 is 14.2 Å². The van der Waals surface area contributed by atoms with E-state index in [1.807, 2.05) is 6.20 Å². The molecule has 2 saturated carbocycles. The van der Waals surface area contributed by atoms with Crippen LogP contribution < -0.4 is 0 Å². The topological polar surface area (TPSA) is 30.3 Å². The van der Waals surface area contributed by atoms with Crippen molar-refractivity contribution in [2.75, 3.05) is 26.7 Å². The van der Waals surface area contributed by atoms with Gasteiger partial charge in [-0.15, -0.1) is 0 Å². The van der Waals surface area contributed by atoms with Crippen LogP contribution in [0, 0.1) is 24.7 Å². The summed E-state index contributed by atoms with van der Waals surface area (Å²) in [7, 11) is 2.26. The fourth-order valence-electron chi connectivity index (χ4n) is 4.38. The van der Waals surface area contributed by atoms with Gasteiger partial charge in [-0.3, -0.25) is 0 Å². The number of hydrogen-bond acceptors (Lipinski definition) is 3. The molecule has 4 rings (SSSR count). The average Bonchev–Trinajstić information content (AvgIpc) is 3.08. The van der Waals surface area contributed by atoms with Gasteiger partial charge in [0.25, 0.3) is 0 Å². The lowest BCUT2D eigenvalue weighted by atomic mass is 9.77. The van der Waals surface area contributed by atoms with Crippen molar-refractivity contribution in [1.82, 2.24) is 14.5 Å². The molecule has 0 amide bonds. The average molecular weight is 289 g/mol. The van der Waals surface area contributed by atoms with Gasteiger partial charge in [0.1, 0.15) is 5.82 Å². The van der Waals surface area contributed by atoms with E-state index in [-0.39, 0.29) is 0 Å². The Morgan fingerprint density at radius 1 is 1.24 bits per heavy atom. The van der Waals surface area contributed by atoms with Crippen molar-refractivity contribution >= 4 is 0 Å². The van der Waals surface area contributed by atoms with Crippen molar-refractivity contribution in [1.29, 1.82) is 0 Å². The molecule has 0 spiro atoms. The van der Waals surface area contributed by atoms with Gasteiger partial charge in [0.15, 0.2) is 0 Å². The van der Waals surface area contributed by atoms with Gasteiger partial charge in [-0.2, -0.15) is 0 Å². The summed E-state index contributed by atoms with van der Waals surface area (Å²) >= 11 is 0. The molecule has 0 unspecified atom stereocenters. The summed E-state index contributed by atoms with van der Waals surface area (Å²) in [6.45, 7) is 5.60. The molecule has 4 atom stereocenters. The number of hydrogen-bond donors (Lipinski definition) is 0. The maximum atomic E-state index is 6.37. The van der Waals surface area contributed by atoms with E-state index >= 15 is 0 Å². The number of imidazole rings is 1. The summed E-state index contributed by atoms with van der Waals surface area (Å²) < 4.78 is 8.74. The fourth-order valence-corrected chi connectivity index (χ4v) is 4.38. The molecule has 0 radical (unpaired) electrons. The minimum Gasteiger partial charge on any atom is -0.376 e. The Morgan fingerprint density at radius 2 is 2.00 bits per heavy atom. The lowest BCUT2D eigenvalue weighted by Gasteiger charge is -2.39. The molecule has 0 bridgehead atoms. The molecule has 21 heavy (non-hydrogen) atoms. The predicted molar refractivity (Wildman–Crippen MR) is 82.2 cm³/mol. The van der Waals surface area contributed by atoms with Gasteiger partial charge in [0.2, 0.25) is 0 Å². The van der Waals surface area contributed by atoms with Crippen LogP contribution in [0.25, 0.3) is 0 Å². The van der Waals surface area contributed by atoms with Crippen LogP contribution >= 0.6 is 0 Å². The van der Waals surface area contributed by atoms with E-state index in [2.05, 4.69) is 34.6 Å². The van der Waals surface area contributed by atoms with E-state index < -0.39 is 0 Å². The van der Waals surface area contributed by atoms with Gasteiger partial charge in [0, 0.05) is 32.1 Å². The first-order chi connectivity index (χ1) is 10.2. The Labute approximate surface area is 127 Å². The van der Waals surface area contributed by atoms with Crippen LogP contribution in [0.3, 0.4) is 0 Å². The maximum Gasteiger partial charge on any atom is 0.105 e. The highest BCUT2D eigenvalue weighted by atomic mass is 16.5. The van der Waals surface area contributed by atoms with Crippen molar-refractivity contribution < 1.29 is 4.74 Å². The smallest absolute Gasteiger partial charge is 0.105 e. The fraction of sp³-hybridized carbons (Fsp3) is 0.824. The molecular formula is C17H27N3O. The molecule has 3 aliphatic rings. The van der Waals surface area contributed by atoms with Crippen molar-refractivity contribution in [3.05, 3.63) is 18.2 Å². The lowest BCUT2D eigenvalue weighted by Crippen LogP contribution is -2.38. The van der Waals surface area contributed by atoms with Crippen LogP contribution in [0.4, 0.5) is 0 Å². The van der Waals surface area contributed by atoms with Crippen molar-refractivity contribution in [2.24, 2.45) is 17.8 Å². The van der Waals surface area contributed by atoms with E-state index in [0.29, 0.717) is 12.1 Å². The summed E-state index contributed by atoms with van der Waals surface area (Å²) in [4.78, 5) is 6.93. The standard InChI is InChI=1S/C17H27N3O/c1-12-18-5-6-20(12)16-7-14-9-19(2)10-15(14)8-17(16)21-11-13-3-4-13/h5-6,13-17H,3-4,7-11H2,1-2H3/t14-,15+,16-,17-/m0/s1. The zero-order valence-electron chi connectivity index (χ0n) is 13.2. The zero-order valence-corrected chi connectivity index (χ0v) is 13.2. The molecule has 0 N–H and O–H groups in total. The van der Waals surface area contributed by atoms with E-state index in [4.69, 9.17) is 4.74 Å². The molecule has 1 aromatic heterocycles. The summed E-state index contributed by atoms with van der Waals surface area (Å²) in [5.41, 5.74) is 0. The Bertz CT molecular complexity index is 496. The van der Waals surface area contributed by atoms with Crippen LogP contribution in [0.2, 0.25) is 0 Å². The zero-order chi connectivity index (χ0) is 14.4. The first kappa shape index (κ1) is 13.8. The van der Waals surface area contributed by atoms with Crippen LogP contribution in [0.1, 0.15) is 37.5 Å². The summed E-state index contributed by atoms with van der Waals surface area (Å²) in [5, 5.41) is 0. The molecule has 4 heteroatoms. The second-order valence-corrected chi connectivity index (χ2v) is 7.48. The summed E-state index contributed by atoms with van der Waals surface area (Å²) in [6.07, 6.45) is 9.68. The second-order valence-electron chi connectivity index (χ2n) is 7.48. The first-order valence-corrected chi connectivity index (χ1v) is 8.50. The molecule has 2 heterocycles. The maximum absolute atomic E-state index is 6.37. The van der Waals surface area contributed by atoms with E-state index in [0.717, 1.165) is 30.2 Å². The molecule has 4 nitrogen and oxygen atoms in total. The number of aryl methyl sites for hydroxylation is 1. The number of likely N-dealkylation sites (tertiary alicyclic amines) is 1. The van der Waals surface area contributed by atoms with Gasteiger partial charge in [-0.05, 0) is 57.4 Å². The Hall–Kier alpha value is -0.870. The monoisotopic (exact) mass is 289 g/mol. The predicted octanol–water partition coefficient (Wildman–Crippen LogP) is 2.50. The van der Waals surface area contributed by atoms with Gasteiger partial charge in [-0.25, -0.2) is 4.98 Å². The molecule has 0 aromatic carbocycles. The highest BCUT2D eigenvalue weighted by Gasteiger charge is 2.43. The van der Waals surface area contributed by atoms with E-state index in [1.165, 1.54) is 38.8 Å². The molecular weight excluding hydrogens is 262 g/mol. The van der Waals surface area contributed by atoms with Crippen LogP contribution in [-0.2, 0) is 4.74 Å². The minimum atomic E-state index is 0.381. The van der Waals surface area contributed by atoms with Gasteiger partial charge >= 0.3 is 0 Å². The molecule has 1 aliphatic heterocycles.